The fourth-order valence-corrected chi connectivity index (χ4v) is 5.59. The maximum Gasteiger partial charge on any atom is 0.320 e. The number of rotatable bonds is 15. The van der Waals surface area contributed by atoms with Gasteiger partial charge in [0.1, 0.15) is 53.8 Å². The van der Waals surface area contributed by atoms with Gasteiger partial charge in [-0.15, -0.1) is 0 Å². The summed E-state index contributed by atoms with van der Waals surface area (Å²) in [6.45, 7) is 11.7. The average molecular weight is 661 g/mol. The predicted octanol–water partition coefficient (Wildman–Crippen LogP) is 5.62. The Balaban J connectivity index is 1.54. The van der Waals surface area contributed by atoms with Crippen molar-refractivity contribution in [2.24, 2.45) is 0 Å². The van der Waals surface area contributed by atoms with Gasteiger partial charge in [0.2, 0.25) is 0 Å². The zero-order valence-electron chi connectivity index (χ0n) is 27.1. The van der Waals surface area contributed by atoms with Gasteiger partial charge in [0.25, 0.3) is 0 Å². The third-order valence-corrected chi connectivity index (χ3v) is 8.83. The summed E-state index contributed by atoms with van der Waals surface area (Å²) in [6, 6.07) is 17.5. The molecule has 0 saturated heterocycles. The fraction of sp³-hybridized carbons (Fsp3) is 0.333. The highest BCUT2D eigenvalue weighted by molar-refractivity contribution is 7.90. The number of carbonyl (C=O) groups is 1. The third-order valence-electron chi connectivity index (χ3n) is 7.85. The first-order valence-corrected chi connectivity index (χ1v) is 17.2. The highest BCUT2D eigenvalue weighted by Gasteiger charge is 2.21. The van der Waals surface area contributed by atoms with E-state index in [-0.39, 0.29) is 31.9 Å². The van der Waals surface area contributed by atoms with Gasteiger partial charge < -0.3 is 29.4 Å². The summed E-state index contributed by atoms with van der Waals surface area (Å²) in [4.78, 5) is 11.9. The van der Waals surface area contributed by atoms with E-state index >= 15 is 0 Å². The van der Waals surface area contributed by atoms with E-state index in [2.05, 4.69) is 18.0 Å². The summed E-state index contributed by atoms with van der Waals surface area (Å²) in [5.41, 5.74) is 6.48. The normalized spacial score (nSPS) is 13.6. The molecule has 1 heterocycles. The van der Waals surface area contributed by atoms with Crippen molar-refractivity contribution in [3.05, 3.63) is 100 Å². The van der Waals surface area contributed by atoms with Gasteiger partial charge in [0.05, 0.1) is 17.4 Å². The molecule has 4 rings (SSSR count). The zero-order chi connectivity index (χ0) is 34.1. The maximum atomic E-state index is 11.9. The number of aryl methyl sites for hydroxylation is 1. The Bertz CT molecular complexity index is 1820. The van der Waals surface area contributed by atoms with Crippen LogP contribution in [-0.2, 0) is 27.8 Å². The zero-order valence-corrected chi connectivity index (χ0v) is 27.9. The number of carboxylic acids is 1. The van der Waals surface area contributed by atoms with Gasteiger partial charge in [0, 0.05) is 24.4 Å². The molecule has 1 aliphatic heterocycles. The van der Waals surface area contributed by atoms with Crippen LogP contribution in [-0.4, -0.2) is 57.4 Å². The lowest BCUT2D eigenvalue weighted by molar-refractivity contribution is -0.139. The number of nitrogens with one attached hydrogen (secondary N) is 1. The second-order valence-corrected chi connectivity index (χ2v) is 13.8. The molecule has 248 valence electrons. The molecule has 11 heteroatoms. The van der Waals surface area contributed by atoms with Crippen LogP contribution in [0.1, 0.15) is 48.1 Å². The molecule has 0 aromatic heterocycles. The molecule has 47 heavy (non-hydrogen) atoms. The number of sulfone groups is 1. The molecule has 1 atom stereocenters. The highest BCUT2D eigenvalue weighted by Crippen LogP contribution is 2.35. The van der Waals surface area contributed by atoms with Crippen LogP contribution in [0, 0.1) is 18.3 Å². The molecular weight excluding hydrogens is 620 g/mol. The summed E-state index contributed by atoms with van der Waals surface area (Å²) in [5.74, 6) is 1.06. The predicted molar refractivity (Wildman–Crippen MR) is 180 cm³/mol. The van der Waals surface area contributed by atoms with Crippen molar-refractivity contribution in [3.63, 3.8) is 0 Å². The molecule has 0 fully saturated rings. The van der Waals surface area contributed by atoms with Gasteiger partial charge in [0.15, 0.2) is 11.5 Å². The van der Waals surface area contributed by atoms with Crippen LogP contribution in [0.2, 0.25) is 0 Å². The number of hydrogen-bond donors (Lipinski definition) is 2. The largest absolute Gasteiger partial charge is 0.489 e. The molecule has 3 aromatic carbocycles. The topological polar surface area (TPSA) is 144 Å². The number of benzene rings is 3. The number of hydrogen-bond acceptors (Lipinski definition) is 9. The number of nitriles is 1. The molecule has 3 aromatic rings. The first-order valence-electron chi connectivity index (χ1n) is 15.1. The van der Waals surface area contributed by atoms with E-state index in [9.17, 15) is 23.6 Å². The van der Waals surface area contributed by atoms with E-state index in [1.54, 1.807) is 24.3 Å². The minimum atomic E-state index is -3.33. The Kier molecular flexibility index (Phi) is 11.7. The first kappa shape index (κ1) is 35.1. The molecular formula is C36H40N2O8S. The number of allylic oxidation sites excluding steroid dienone is 2. The van der Waals surface area contributed by atoms with Crippen molar-refractivity contribution in [2.45, 2.75) is 46.4 Å². The van der Waals surface area contributed by atoms with Crippen LogP contribution in [0.5, 0.6) is 23.0 Å². The van der Waals surface area contributed by atoms with Crippen LogP contribution in [0.15, 0.2) is 72.3 Å². The van der Waals surface area contributed by atoms with Crippen LogP contribution >= 0.6 is 0 Å². The second-order valence-electron chi connectivity index (χ2n) is 11.5. The molecule has 10 nitrogen and oxygen atoms in total. The number of fused-ring (bicyclic) bond motifs is 1. The monoisotopic (exact) mass is 660 g/mol. The smallest absolute Gasteiger partial charge is 0.320 e. The van der Waals surface area contributed by atoms with Gasteiger partial charge >= 0.3 is 5.97 Å². The van der Waals surface area contributed by atoms with Crippen molar-refractivity contribution in [3.8, 4) is 29.1 Å². The van der Waals surface area contributed by atoms with Crippen molar-refractivity contribution in [2.75, 3.05) is 31.8 Å². The van der Waals surface area contributed by atoms with E-state index in [0.29, 0.717) is 47.3 Å². The molecule has 2 N–H and O–H groups in total. The van der Waals surface area contributed by atoms with E-state index < -0.39 is 21.8 Å². The molecule has 0 radical (unpaired) electrons. The molecule has 0 saturated carbocycles. The molecule has 0 amide bonds. The van der Waals surface area contributed by atoms with Crippen LogP contribution in [0.3, 0.4) is 0 Å². The summed E-state index contributed by atoms with van der Waals surface area (Å²) in [5, 5.41) is 21.9. The number of carboxylic acid groups (broad SMARTS) is 1. The molecule has 1 aliphatic rings. The van der Waals surface area contributed by atoms with Gasteiger partial charge in [-0.2, -0.15) is 5.26 Å². The lowest BCUT2D eigenvalue weighted by atomic mass is 9.97. The van der Waals surface area contributed by atoms with Crippen LogP contribution < -0.4 is 24.3 Å². The quantitative estimate of drug-likeness (QED) is 0.197. The number of nitrogens with zero attached hydrogens (tertiary/aromatic N) is 1. The minimum Gasteiger partial charge on any atom is -0.489 e. The van der Waals surface area contributed by atoms with Gasteiger partial charge in [-0.05, 0) is 90.9 Å². The van der Waals surface area contributed by atoms with Gasteiger partial charge in [-0.1, -0.05) is 24.8 Å². The maximum absolute atomic E-state index is 11.9. The van der Waals surface area contributed by atoms with E-state index in [0.717, 1.165) is 39.7 Å². The van der Waals surface area contributed by atoms with Crippen LogP contribution in [0.4, 0.5) is 0 Å². The van der Waals surface area contributed by atoms with E-state index in [1.807, 2.05) is 51.1 Å². The van der Waals surface area contributed by atoms with Crippen molar-refractivity contribution in [1.82, 2.24) is 5.32 Å². The summed E-state index contributed by atoms with van der Waals surface area (Å²) >= 11 is 0. The molecule has 1 unspecified atom stereocenters. The Hall–Kier alpha value is -4.79. The summed E-state index contributed by atoms with van der Waals surface area (Å²) in [6.07, 6.45) is 1.00. The average Bonchev–Trinajstić information content (AvgIpc) is 3.05. The lowest BCUT2D eigenvalue weighted by Gasteiger charge is -2.20. The Morgan fingerprint density at radius 2 is 1.81 bits per heavy atom. The molecule has 0 aliphatic carbocycles. The van der Waals surface area contributed by atoms with Crippen molar-refractivity contribution in [1.29, 1.82) is 5.26 Å². The highest BCUT2D eigenvalue weighted by atomic mass is 32.2. The minimum absolute atomic E-state index is 0.0754. The Morgan fingerprint density at radius 1 is 1.06 bits per heavy atom. The number of aliphatic carboxylic acids is 1. The molecule has 0 spiro atoms. The fourth-order valence-electron chi connectivity index (χ4n) is 4.93. The van der Waals surface area contributed by atoms with Crippen molar-refractivity contribution >= 4 is 21.4 Å². The van der Waals surface area contributed by atoms with E-state index in [4.69, 9.17) is 18.9 Å². The van der Waals surface area contributed by atoms with E-state index in [1.165, 1.54) is 0 Å². The SMILES string of the molecule is C=C(/C(C)=C(\C)COc1cc(OCc2cccc(C#N)c2)c(CNC(CCS(C)(=O)=O)C(=O)O)cc1C)c1ccc2c(c1)OCCO2. The first-order chi connectivity index (χ1) is 22.3. The van der Waals surface area contributed by atoms with Gasteiger partial charge in [-0.25, -0.2) is 8.42 Å². The van der Waals surface area contributed by atoms with Gasteiger partial charge in [-0.3, -0.25) is 4.79 Å². The van der Waals surface area contributed by atoms with Crippen molar-refractivity contribution < 1.29 is 37.3 Å². The molecule has 0 bridgehead atoms. The Labute approximate surface area is 276 Å². The second kappa shape index (κ2) is 15.7. The summed E-state index contributed by atoms with van der Waals surface area (Å²) < 4.78 is 47.1. The lowest BCUT2D eigenvalue weighted by Crippen LogP contribution is -2.37. The number of ether oxygens (including phenoxy) is 4. The standard InChI is InChI=1S/C36H40N2O8S/c1-23-15-30(20-38-31(36(39)40)11-14-47(5,41)42)34(46-22-28-8-6-7-27(16-28)19-37)18-33(23)45-21-24(2)25(3)26(4)29-9-10-32-35(17-29)44-13-12-43-32/h6-10,15-18,31,38H,4,11-14,20-22H2,1-3,5H3,(H,39,40)/b25-24+. The third kappa shape index (κ3) is 9.85. The Morgan fingerprint density at radius 3 is 2.51 bits per heavy atom. The summed E-state index contributed by atoms with van der Waals surface area (Å²) in [7, 11) is -3.33. The van der Waals surface area contributed by atoms with Crippen LogP contribution in [0.25, 0.3) is 5.57 Å².